The van der Waals surface area contributed by atoms with Crippen LogP contribution in [0.4, 0.5) is 4.79 Å². The van der Waals surface area contributed by atoms with E-state index in [1.807, 2.05) is 45.0 Å². The van der Waals surface area contributed by atoms with Crippen LogP contribution in [0.3, 0.4) is 0 Å². The predicted molar refractivity (Wildman–Crippen MR) is 93.6 cm³/mol. The molecule has 1 aromatic rings. The minimum Gasteiger partial charge on any atom is -0.459 e. The third kappa shape index (κ3) is 7.99. The number of carbonyl (C=O) groups excluding carboxylic acids is 2. The zero-order valence-corrected chi connectivity index (χ0v) is 15.5. The first-order valence-corrected chi connectivity index (χ1v) is 8.28. The van der Waals surface area contributed by atoms with Crippen molar-refractivity contribution in [2.45, 2.75) is 66.2 Å². The Hall–Kier alpha value is -2.04. The highest BCUT2D eigenvalue weighted by Crippen LogP contribution is 2.12. The van der Waals surface area contributed by atoms with Crippen LogP contribution in [0.1, 0.15) is 52.2 Å². The van der Waals surface area contributed by atoms with Gasteiger partial charge in [0.2, 0.25) is 0 Å². The standard InChI is InChI=1S/C19H29NO4/c1-13(2)11-16(20-18(22)24-19(4,5)6)17(21)23-12-15-9-7-14(3)8-10-15/h7-10,13,16H,11-12H2,1-6H3,(H,20,22). The number of benzene rings is 1. The van der Waals surface area contributed by atoms with Crippen molar-refractivity contribution in [2.75, 3.05) is 0 Å². The van der Waals surface area contributed by atoms with Crippen LogP contribution >= 0.6 is 0 Å². The zero-order chi connectivity index (χ0) is 18.3. The third-order valence-electron chi connectivity index (χ3n) is 3.18. The van der Waals surface area contributed by atoms with E-state index >= 15 is 0 Å². The van der Waals surface area contributed by atoms with Crippen LogP contribution in [0, 0.1) is 12.8 Å². The van der Waals surface area contributed by atoms with Crippen molar-refractivity contribution < 1.29 is 19.1 Å². The average Bonchev–Trinajstić information content (AvgIpc) is 2.43. The summed E-state index contributed by atoms with van der Waals surface area (Å²) in [7, 11) is 0. The largest absolute Gasteiger partial charge is 0.459 e. The summed E-state index contributed by atoms with van der Waals surface area (Å²) in [6.45, 7) is 11.5. The lowest BCUT2D eigenvalue weighted by Crippen LogP contribution is -2.44. The van der Waals surface area contributed by atoms with Gasteiger partial charge in [-0.25, -0.2) is 9.59 Å². The number of ether oxygens (including phenoxy) is 2. The monoisotopic (exact) mass is 335 g/mol. The molecule has 0 aliphatic rings. The Labute approximate surface area is 144 Å². The van der Waals surface area contributed by atoms with Gasteiger partial charge in [-0.1, -0.05) is 43.7 Å². The van der Waals surface area contributed by atoms with Crippen LogP contribution in [-0.2, 0) is 20.9 Å². The highest BCUT2D eigenvalue weighted by atomic mass is 16.6. The lowest BCUT2D eigenvalue weighted by atomic mass is 10.0. The van der Waals surface area contributed by atoms with Crippen molar-refractivity contribution in [3.8, 4) is 0 Å². The molecule has 0 saturated heterocycles. The molecular weight excluding hydrogens is 306 g/mol. The quantitative estimate of drug-likeness (QED) is 0.799. The Morgan fingerprint density at radius 1 is 1.12 bits per heavy atom. The molecule has 1 amide bonds. The van der Waals surface area contributed by atoms with E-state index in [0.717, 1.165) is 11.1 Å². The summed E-state index contributed by atoms with van der Waals surface area (Å²) in [6.07, 6.45) is -0.119. The van der Waals surface area contributed by atoms with Gasteiger partial charge in [0.15, 0.2) is 0 Å². The Morgan fingerprint density at radius 2 is 1.71 bits per heavy atom. The number of amides is 1. The number of rotatable bonds is 6. The molecule has 0 aromatic heterocycles. The van der Waals surface area contributed by atoms with Crippen molar-refractivity contribution in [1.29, 1.82) is 0 Å². The summed E-state index contributed by atoms with van der Waals surface area (Å²) in [6, 6.07) is 7.05. The van der Waals surface area contributed by atoms with Gasteiger partial charge >= 0.3 is 12.1 Å². The molecule has 0 fully saturated rings. The number of esters is 1. The molecule has 1 aromatic carbocycles. The second kappa shape index (κ2) is 8.71. The van der Waals surface area contributed by atoms with Gasteiger partial charge in [0.25, 0.3) is 0 Å². The van der Waals surface area contributed by atoms with Crippen LogP contribution in [0.15, 0.2) is 24.3 Å². The van der Waals surface area contributed by atoms with E-state index in [9.17, 15) is 9.59 Å². The van der Waals surface area contributed by atoms with Gasteiger partial charge in [-0.2, -0.15) is 0 Å². The molecule has 0 aliphatic heterocycles. The number of alkyl carbamates (subject to hydrolysis) is 1. The highest BCUT2D eigenvalue weighted by Gasteiger charge is 2.26. The number of aryl methyl sites for hydroxylation is 1. The Balaban J connectivity index is 2.63. The number of carbonyl (C=O) groups is 2. The average molecular weight is 335 g/mol. The van der Waals surface area contributed by atoms with E-state index in [2.05, 4.69) is 5.32 Å². The van der Waals surface area contributed by atoms with Gasteiger partial charge in [-0.05, 0) is 45.6 Å². The molecule has 0 saturated carbocycles. The lowest BCUT2D eigenvalue weighted by molar-refractivity contribution is -0.148. The summed E-state index contributed by atoms with van der Waals surface area (Å²) in [5, 5.41) is 2.61. The van der Waals surface area contributed by atoms with Crippen molar-refractivity contribution in [3.05, 3.63) is 35.4 Å². The second-order valence-corrected chi connectivity index (χ2v) is 7.42. The van der Waals surface area contributed by atoms with Gasteiger partial charge < -0.3 is 14.8 Å². The molecule has 0 aliphatic carbocycles. The van der Waals surface area contributed by atoms with Gasteiger partial charge in [0.1, 0.15) is 18.2 Å². The SMILES string of the molecule is Cc1ccc(COC(=O)C(CC(C)C)NC(=O)OC(C)(C)C)cc1. The summed E-state index contributed by atoms with van der Waals surface area (Å²) in [4.78, 5) is 24.3. The van der Waals surface area contributed by atoms with E-state index < -0.39 is 23.7 Å². The fourth-order valence-corrected chi connectivity index (χ4v) is 2.07. The minimum atomic E-state index is -0.717. The molecule has 1 N–H and O–H groups in total. The molecule has 0 spiro atoms. The maximum atomic E-state index is 12.3. The maximum absolute atomic E-state index is 12.3. The first-order chi connectivity index (χ1) is 11.1. The number of hydrogen-bond donors (Lipinski definition) is 1. The van der Waals surface area contributed by atoms with E-state index in [1.165, 1.54) is 0 Å². The molecule has 0 radical (unpaired) electrons. The number of nitrogens with one attached hydrogen (secondary N) is 1. The second-order valence-electron chi connectivity index (χ2n) is 7.42. The Kier molecular flexibility index (Phi) is 7.26. The fourth-order valence-electron chi connectivity index (χ4n) is 2.07. The van der Waals surface area contributed by atoms with Crippen molar-refractivity contribution in [1.82, 2.24) is 5.32 Å². The van der Waals surface area contributed by atoms with Crippen molar-refractivity contribution >= 4 is 12.1 Å². The van der Waals surface area contributed by atoms with Crippen LogP contribution < -0.4 is 5.32 Å². The molecule has 0 heterocycles. The molecule has 5 heteroatoms. The van der Waals surface area contributed by atoms with Gasteiger partial charge in [0.05, 0.1) is 0 Å². The Morgan fingerprint density at radius 3 is 2.21 bits per heavy atom. The van der Waals surface area contributed by atoms with Crippen LogP contribution in [0.2, 0.25) is 0 Å². The maximum Gasteiger partial charge on any atom is 0.408 e. The smallest absolute Gasteiger partial charge is 0.408 e. The van der Waals surface area contributed by atoms with E-state index in [1.54, 1.807) is 20.8 Å². The number of hydrogen-bond acceptors (Lipinski definition) is 4. The van der Waals surface area contributed by atoms with Crippen molar-refractivity contribution in [3.63, 3.8) is 0 Å². The molecule has 134 valence electrons. The molecule has 24 heavy (non-hydrogen) atoms. The minimum absolute atomic E-state index is 0.184. The normalized spacial score (nSPS) is 12.6. The lowest BCUT2D eigenvalue weighted by Gasteiger charge is -2.23. The van der Waals surface area contributed by atoms with Gasteiger partial charge in [-0.15, -0.1) is 0 Å². The topological polar surface area (TPSA) is 64.6 Å². The van der Waals surface area contributed by atoms with E-state index in [-0.39, 0.29) is 12.5 Å². The summed E-state index contributed by atoms with van der Waals surface area (Å²) < 4.78 is 10.6. The zero-order valence-electron chi connectivity index (χ0n) is 15.5. The molecule has 1 atom stereocenters. The van der Waals surface area contributed by atoms with E-state index in [4.69, 9.17) is 9.47 Å². The van der Waals surface area contributed by atoms with Gasteiger partial charge in [0, 0.05) is 0 Å². The molecular formula is C19H29NO4. The van der Waals surface area contributed by atoms with Crippen LogP contribution in [-0.4, -0.2) is 23.7 Å². The van der Waals surface area contributed by atoms with Crippen LogP contribution in [0.25, 0.3) is 0 Å². The molecule has 1 unspecified atom stereocenters. The van der Waals surface area contributed by atoms with Crippen LogP contribution in [0.5, 0.6) is 0 Å². The highest BCUT2D eigenvalue weighted by molar-refractivity contribution is 5.81. The summed E-state index contributed by atoms with van der Waals surface area (Å²) in [5.74, 6) is -0.216. The van der Waals surface area contributed by atoms with Gasteiger partial charge in [-0.3, -0.25) is 0 Å². The summed E-state index contributed by atoms with van der Waals surface area (Å²) in [5.41, 5.74) is 1.45. The third-order valence-corrected chi connectivity index (χ3v) is 3.18. The predicted octanol–water partition coefficient (Wildman–Crippen LogP) is 3.98. The molecule has 0 bridgehead atoms. The molecule has 1 rings (SSSR count). The first kappa shape index (κ1) is 20.0. The Bertz CT molecular complexity index is 543. The molecule has 5 nitrogen and oxygen atoms in total. The fraction of sp³-hybridized carbons (Fsp3) is 0.579. The first-order valence-electron chi connectivity index (χ1n) is 8.28. The summed E-state index contributed by atoms with van der Waals surface area (Å²) >= 11 is 0. The van der Waals surface area contributed by atoms with E-state index in [0.29, 0.717) is 6.42 Å². The van der Waals surface area contributed by atoms with Crippen molar-refractivity contribution in [2.24, 2.45) is 5.92 Å².